The first-order chi connectivity index (χ1) is 9.10. The van der Waals surface area contributed by atoms with Crippen molar-refractivity contribution < 1.29 is 14.6 Å². The van der Waals surface area contributed by atoms with Crippen molar-refractivity contribution in [1.29, 1.82) is 0 Å². The van der Waals surface area contributed by atoms with Gasteiger partial charge in [0.15, 0.2) is 5.60 Å². The molecule has 0 saturated heterocycles. The number of nitrogens with one attached hydrogen (secondary N) is 1. The second kappa shape index (κ2) is 6.19. The number of hydrogen-bond donors (Lipinski definition) is 3. The molecule has 1 rings (SSSR count). The van der Waals surface area contributed by atoms with Crippen LogP contribution in [0.1, 0.15) is 33.3 Å². The van der Waals surface area contributed by atoms with Crippen LogP contribution in [0.5, 0.6) is 0 Å². The largest absolute Gasteiger partial charge is 0.458 e. The summed E-state index contributed by atoms with van der Waals surface area (Å²) in [5.74, 6) is -0.192. The number of hydrogen-bond acceptors (Lipinski definition) is 6. The van der Waals surface area contributed by atoms with Gasteiger partial charge in [0.2, 0.25) is 0 Å². The van der Waals surface area contributed by atoms with E-state index in [4.69, 9.17) is 10.5 Å². The summed E-state index contributed by atoms with van der Waals surface area (Å²) in [4.78, 5) is 15.8. The lowest BCUT2D eigenvalue weighted by Gasteiger charge is -2.27. The van der Waals surface area contributed by atoms with Crippen molar-refractivity contribution in [1.82, 2.24) is 10.3 Å². The molecule has 0 aliphatic rings. The summed E-state index contributed by atoms with van der Waals surface area (Å²) in [5, 5.41) is 13.1. The summed E-state index contributed by atoms with van der Waals surface area (Å²) < 4.78 is 5.16. The number of carbonyl (C=O) groups is 1. The van der Waals surface area contributed by atoms with Gasteiger partial charge in [0, 0.05) is 19.3 Å². The van der Waals surface area contributed by atoms with Gasteiger partial charge in [0.1, 0.15) is 11.4 Å². The number of ether oxygens (including phenoxy) is 1. The quantitative estimate of drug-likeness (QED) is 0.692. The fourth-order valence-corrected chi connectivity index (χ4v) is 1.45. The summed E-state index contributed by atoms with van der Waals surface area (Å²) in [6.07, 6.45) is 1.64. The molecular weight excluding hydrogens is 258 g/mol. The topological polar surface area (TPSA) is 97.5 Å². The van der Waals surface area contributed by atoms with Crippen molar-refractivity contribution in [2.75, 3.05) is 12.3 Å². The smallest absolute Gasteiger partial charge is 0.339 e. The first-order valence-electron chi connectivity index (χ1n) is 6.47. The number of nitrogens with two attached hydrogens (primary N) is 1. The maximum atomic E-state index is 11.8. The normalized spacial score (nSPS) is 14.7. The third kappa shape index (κ3) is 5.54. The van der Waals surface area contributed by atoms with E-state index in [1.54, 1.807) is 33.0 Å². The van der Waals surface area contributed by atoms with E-state index in [-0.39, 0.29) is 6.54 Å². The zero-order valence-corrected chi connectivity index (χ0v) is 12.4. The van der Waals surface area contributed by atoms with Crippen LogP contribution >= 0.6 is 0 Å². The average Bonchev–Trinajstić information content (AvgIpc) is 2.29. The molecule has 0 amide bonds. The third-order valence-electron chi connectivity index (χ3n) is 2.48. The molecule has 0 saturated carbocycles. The number of rotatable bonds is 5. The molecule has 0 radical (unpaired) electrons. The van der Waals surface area contributed by atoms with Gasteiger partial charge in [0.25, 0.3) is 0 Å². The van der Waals surface area contributed by atoms with Crippen molar-refractivity contribution in [2.24, 2.45) is 0 Å². The molecule has 1 aromatic rings. The van der Waals surface area contributed by atoms with Crippen LogP contribution in [-0.2, 0) is 16.1 Å². The standard InChI is InChI=1S/C14H23N3O3/c1-13(2,3)20-12(18)14(4,19)9-16-7-10-5-6-11(15)17-8-10/h5-6,8,16,19H,7,9H2,1-4H3,(H2,15,17). The summed E-state index contributed by atoms with van der Waals surface area (Å²) >= 11 is 0. The van der Waals surface area contributed by atoms with Crippen LogP contribution in [-0.4, -0.2) is 33.8 Å². The Bertz CT molecular complexity index is 450. The van der Waals surface area contributed by atoms with E-state index in [9.17, 15) is 9.90 Å². The summed E-state index contributed by atoms with van der Waals surface area (Å²) in [5.41, 5.74) is 4.21. The molecule has 4 N–H and O–H groups in total. The minimum absolute atomic E-state index is 0.0896. The zero-order valence-electron chi connectivity index (χ0n) is 12.4. The predicted molar refractivity (Wildman–Crippen MR) is 76.8 cm³/mol. The highest BCUT2D eigenvalue weighted by Crippen LogP contribution is 2.14. The Kier molecular flexibility index (Phi) is 5.08. The monoisotopic (exact) mass is 281 g/mol. The average molecular weight is 281 g/mol. The molecule has 0 fully saturated rings. The van der Waals surface area contributed by atoms with Gasteiger partial charge in [0.05, 0.1) is 0 Å². The molecule has 0 bridgehead atoms. The van der Waals surface area contributed by atoms with E-state index < -0.39 is 17.2 Å². The lowest BCUT2D eigenvalue weighted by Crippen LogP contribution is -2.48. The minimum atomic E-state index is -1.57. The fourth-order valence-electron chi connectivity index (χ4n) is 1.45. The molecule has 0 aliphatic carbocycles. The number of carbonyl (C=O) groups excluding carboxylic acids is 1. The number of anilines is 1. The zero-order chi connectivity index (χ0) is 15.4. The van der Waals surface area contributed by atoms with Gasteiger partial charge >= 0.3 is 5.97 Å². The van der Waals surface area contributed by atoms with Crippen molar-refractivity contribution in [3.8, 4) is 0 Å². The maximum absolute atomic E-state index is 11.8. The fraction of sp³-hybridized carbons (Fsp3) is 0.571. The molecule has 20 heavy (non-hydrogen) atoms. The van der Waals surface area contributed by atoms with Crippen LogP contribution in [0.4, 0.5) is 5.82 Å². The van der Waals surface area contributed by atoms with E-state index in [1.165, 1.54) is 6.92 Å². The maximum Gasteiger partial charge on any atom is 0.339 e. The molecule has 1 heterocycles. The SMILES string of the molecule is CC(C)(C)OC(=O)C(C)(O)CNCc1ccc(N)nc1. The molecule has 112 valence electrons. The minimum Gasteiger partial charge on any atom is -0.458 e. The lowest BCUT2D eigenvalue weighted by atomic mass is 10.1. The number of pyridine rings is 1. The van der Waals surface area contributed by atoms with E-state index in [0.29, 0.717) is 12.4 Å². The number of esters is 1. The van der Waals surface area contributed by atoms with Gasteiger partial charge in [-0.15, -0.1) is 0 Å². The van der Waals surface area contributed by atoms with Gasteiger partial charge < -0.3 is 20.9 Å². The second-order valence-corrected chi connectivity index (χ2v) is 5.97. The Morgan fingerprint density at radius 1 is 1.40 bits per heavy atom. The lowest BCUT2D eigenvalue weighted by molar-refractivity contribution is -0.174. The van der Waals surface area contributed by atoms with Crippen LogP contribution in [0.25, 0.3) is 0 Å². The summed E-state index contributed by atoms with van der Waals surface area (Å²) in [6, 6.07) is 3.53. The molecule has 0 aromatic carbocycles. The second-order valence-electron chi connectivity index (χ2n) is 5.97. The van der Waals surface area contributed by atoms with E-state index >= 15 is 0 Å². The Morgan fingerprint density at radius 3 is 2.55 bits per heavy atom. The van der Waals surface area contributed by atoms with Crippen LogP contribution in [0.15, 0.2) is 18.3 Å². The van der Waals surface area contributed by atoms with E-state index in [1.807, 2.05) is 6.07 Å². The molecule has 0 aliphatic heterocycles. The highest BCUT2D eigenvalue weighted by atomic mass is 16.6. The number of aromatic nitrogens is 1. The van der Waals surface area contributed by atoms with Crippen LogP contribution in [0.3, 0.4) is 0 Å². The molecular formula is C14H23N3O3. The van der Waals surface area contributed by atoms with Gasteiger partial charge in [-0.3, -0.25) is 0 Å². The predicted octanol–water partition coefficient (Wildman–Crippen LogP) is 0.846. The first kappa shape index (κ1) is 16.4. The first-order valence-corrected chi connectivity index (χ1v) is 6.47. The van der Waals surface area contributed by atoms with Crippen molar-refractivity contribution >= 4 is 11.8 Å². The van der Waals surface area contributed by atoms with Crippen LogP contribution in [0, 0.1) is 0 Å². The Morgan fingerprint density at radius 2 is 2.05 bits per heavy atom. The molecule has 6 heteroatoms. The number of nitrogens with zero attached hydrogens (tertiary/aromatic N) is 1. The van der Waals surface area contributed by atoms with Gasteiger partial charge in [-0.2, -0.15) is 0 Å². The molecule has 1 atom stereocenters. The number of nitrogen functional groups attached to an aromatic ring is 1. The highest BCUT2D eigenvalue weighted by molar-refractivity contribution is 5.79. The molecule has 1 unspecified atom stereocenters. The van der Waals surface area contributed by atoms with E-state index in [0.717, 1.165) is 5.56 Å². The Hall–Kier alpha value is -1.66. The highest BCUT2D eigenvalue weighted by Gasteiger charge is 2.34. The molecule has 6 nitrogen and oxygen atoms in total. The Labute approximate surface area is 119 Å². The third-order valence-corrected chi connectivity index (χ3v) is 2.48. The Balaban J connectivity index is 2.47. The van der Waals surface area contributed by atoms with Crippen molar-refractivity contribution in [3.05, 3.63) is 23.9 Å². The van der Waals surface area contributed by atoms with E-state index in [2.05, 4.69) is 10.3 Å². The van der Waals surface area contributed by atoms with Gasteiger partial charge in [-0.05, 0) is 39.3 Å². The summed E-state index contributed by atoms with van der Waals surface area (Å²) in [7, 11) is 0. The van der Waals surface area contributed by atoms with Gasteiger partial charge in [-0.1, -0.05) is 6.07 Å². The van der Waals surface area contributed by atoms with Crippen LogP contribution in [0.2, 0.25) is 0 Å². The van der Waals surface area contributed by atoms with Crippen molar-refractivity contribution in [3.63, 3.8) is 0 Å². The van der Waals surface area contributed by atoms with Crippen LogP contribution < -0.4 is 11.1 Å². The molecule has 1 aromatic heterocycles. The van der Waals surface area contributed by atoms with Crippen molar-refractivity contribution in [2.45, 2.75) is 45.4 Å². The molecule has 0 spiro atoms. The summed E-state index contributed by atoms with van der Waals surface area (Å²) in [6.45, 7) is 7.27. The van der Waals surface area contributed by atoms with Gasteiger partial charge in [-0.25, -0.2) is 9.78 Å². The number of aliphatic hydroxyl groups is 1.